The lowest BCUT2D eigenvalue weighted by Gasteiger charge is -2.18. The van der Waals surface area contributed by atoms with Gasteiger partial charge in [-0.1, -0.05) is 0 Å². The summed E-state index contributed by atoms with van der Waals surface area (Å²) in [6.07, 6.45) is 1.78. The Morgan fingerprint density at radius 3 is 2.89 bits per heavy atom. The summed E-state index contributed by atoms with van der Waals surface area (Å²) in [6, 6.07) is 3.42. The Hall–Kier alpha value is -1.46. The molecule has 0 saturated heterocycles. The number of aromatic nitrogens is 1. The molecule has 18 heavy (non-hydrogen) atoms. The summed E-state index contributed by atoms with van der Waals surface area (Å²) in [4.78, 5) is 17.8. The molecule has 0 unspecified atom stereocenters. The van der Waals surface area contributed by atoms with Crippen molar-refractivity contribution in [3.05, 3.63) is 29.6 Å². The molecule has 0 aliphatic rings. The summed E-state index contributed by atoms with van der Waals surface area (Å²) in [5.74, 6) is -0.0422. The molecule has 0 atom stereocenters. The molecular weight excluding hydrogens is 230 g/mol. The van der Waals surface area contributed by atoms with Crippen LogP contribution in [0, 0.1) is 0 Å². The molecule has 1 heterocycles. The van der Waals surface area contributed by atoms with Crippen LogP contribution in [0.1, 0.15) is 29.9 Å². The zero-order valence-corrected chi connectivity index (χ0v) is 11.2. The Morgan fingerprint density at radius 1 is 1.56 bits per heavy atom. The number of hydrogen-bond acceptors (Lipinski definition) is 4. The zero-order valence-electron chi connectivity index (χ0n) is 11.2. The van der Waals surface area contributed by atoms with E-state index >= 15 is 0 Å². The molecule has 1 aromatic heterocycles. The Kier molecular flexibility index (Phi) is 5.74. The highest BCUT2D eigenvalue weighted by molar-refractivity contribution is 5.94. The summed E-state index contributed by atoms with van der Waals surface area (Å²) in [5.41, 5.74) is 6.83. The van der Waals surface area contributed by atoms with Gasteiger partial charge in [-0.25, -0.2) is 0 Å². The van der Waals surface area contributed by atoms with Gasteiger partial charge in [0.05, 0.1) is 18.4 Å². The lowest BCUT2D eigenvalue weighted by molar-refractivity contribution is 0.0532. The van der Waals surface area contributed by atoms with E-state index in [2.05, 4.69) is 4.98 Å². The van der Waals surface area contributed by atoms with Crippen molar-refractivity contribution in [3.8, 4) is 0 Å². The normalized spacial score (nSPS) is 10.7. The third kappa shape index (κ3) is 4.43. The first kappa shape index (κ1) is 14.6. The molecule has 0 saturated carbocycles. The van der Waals surface area contributed by atoms with Crippen molar-refractivity contribution in [1.29, 1.82) is 0 Å². The maximum atomic E-state index is 12.1. The second-order valence-electron chi connectivity index (χ2n) is 4.39. The van der Waals surface area contributed by atoms with Crippen LogP contribution in [-0.4, -0.2) is 42.1 Å². The first-order valence-electron chi connectivity index (χ1n) is 6.06. The third-order valence-corrected chi connectivity index (χ3v) is 2.50. The molecule has 1 aromatic rings. The van der Waals surface area contributed by atoms with E-state index < -0.39 is 0 Å². The van der Waals surface area contributed by atoms with Crippen molar-refractivity contribution in [2.24, 2.45) is 5.73 Å². The minimum absolute atomic E-state index is 0.0422. The third-order valence-electron chi connectivity index (χ3n) is 2.50. The first-order chi connectivity index (χ1) is 8.54. The summed E-state index contributed by atoms with van der Waals surface area (Å²) in [7, 11) is 1.76. The lowest BCUT2D eigenvalue weighted by atomic mass is 10.2. The monoisotopic (exact) mass is 251 g/mol. The predicted molar refractivity (Wildman–Crippen MR) is 70.2 cm³/mol. The number of nitrogens with zero attached hydrogens (tertiary/aromatic N) is 2. The quantitative estimate of drug-likeness (QED) is 0.820. The molecule has 0 aromatic carbocycles. The highest BCUT2D eigenvalue weighted by Gasteiger charge is 2.12. The highest BCUT2D eigenvalue weighted by atomic mass is 16.5. The van der Waals surface area contributed by atoms with Gasteiger partial charge in [-0.15, -0.1) is 0 Å². The van der Waals surface area contributed by atoms with Crippen LogP contribution >= 0.6 is 0 Å². The molecule has 2 N–H and O–H groups in total. The maximum absolute atomic E-state index is 12.1. The fraction of sp³-hybridized carbons (Fsp3) is 0.538. The standard InChI is InChI=1S/C13H21N3O2/c1-10(2)18-7-6-16(3)13(17)11-4-5-15-12(8-11)9-14/h4-5,8,10H,6-7,9,14H2,1-3H3. The second kappa shape index (κ2) is 7.08. The van der Waals surface area contributed by atoms with Crippen molar-refractivity contribution in [2.45, 2.75) is 26.5 Å². The summed E-state index contributed by atoms with van der Waals surface area (Å²) < 4.78 is 5.42. The maximum Gasteiger partial charge on any atom is 0.253 e. The van der Waals surface area contributed by atoms with Crippen LogP contribution in [0.3, 0.4) is 0 Å². The number of amides is 1. The van der Waals surface area contributed by atoms with E-state index in [9.17, 15) is 4.79 Å². The number of ether oxygens (including phenoxy) is 1. The van der Waals surface area contributed by atoms with Gasteiger partial charge in [-0.2, -0.15) is 0 Å². The highest BCUT2D eigenvalue weighted by Crippen LogP contribution is 2.05. The van der Waals surface area contributed by atoms with Gasteiger partial charge >= 0.3 is 0 Å². The van der Waals surface area contributed by atoms with Gasteiger partial charge in [0.2, 0.25) is 0 Å². The van der Waals surface area contributed by atoms with E-state index in [-0.39, 0.29) is 12.0 Å². The molecule has 0 spiro atoms. The van der Waals surface area contributed by atoms with Gasteiger partial charge < -0.3 is 15.4 Å². The zero-order chi connectivity index (χ0) is 13.5. The van der Waals surface area contributed by atoms with Gasteiger partial charge in [0.25, 0.3) is 5.91 Å². The predicted octanol–water partition coefficient (Wildman–Crippen LogP) is 1.04. The van der Waals surface area contributed by atoms with Gasteiger partial charge in [-0.3, -0.25) is 9.78 Å². The number of nitrogens with two attached hydrogens (primary N) is 1. The van der Waals surface area contributed by atoms with E-state index in [1.54, 1.807) is 30.3 Å². The van der Waals surface area contributed by atoms with E-state index in [0.717, 1.165) is 0 Å². The van der Waals surface area contributed by atoms with Crippen molar-refractivity contribution in [1.82, 2.24) is 9.88 Å². The van der Waals surface area contributed by atoms with Gasteiger partial charge in [0, 0.05) is 31.9 Å². The molecule has 100 valence electrons. The van der Waals surface area contributed by atoms with Crippen molar-refractivity contribution in [2.75, 3.05) is 20.2 Å². The van der Waals surface area contributed by atoms with Gasteiger partial charge in [-0.05, 0) is 26.0 Å². The largest absolute Gasteiger partial charge is 0.377 e. The lowest BCUT2D eigenvalue weighted by Crippen LogP contribution is -2.31. The van der Waals surface area contributed by atoms with Crippen molar-refractivity contribution >= 4 is 5.91 Å². The number of rotatable bonds is 6. The molecule has 5 nitrogen and oxygen atoms in total. The molecule has 0 bridgehead atoms. The van der Waals surface area contributed by atoms with E-state index in [1.165, 1.54) is 0 Å². The molecule has 0 radical (unpaired) electrons. The average molecular weight is 251 g/mol. The van der Waals surface area contributed by atoms with Crippen LogP contribution in [0.15, 0.2) is 18.3 Å². The molecule has 0 aliphatic heterocycles. The van der Waals surface area contributed by atoms with Crippen LogP contribution in [-0.2, 0) is 11.3 Å². The van der Waals surface area contributed by atoms with E-state index in [0.29, 0.717) is 31.0 Å². The van der Waals surface area contributed by atoms with Crippen LogP contribution in [0.5, 0.6) is 0 Å². The van der Waals surface area contributed by atoms with Crippen molar-refractivity contribution < 1.29 is 9.53 Å². The fourth-order valence-electron chi connectivity index (χ4n) is 1.47. The summed E-state index contributed by atoms with van der Waals surface area (Å²) >= 11 is 0. The first-order valence-corrected chi connectivity index (χ1v) is 6.06. The smallest absolute Gasteiger partial charge is 0.253 e. The van der Waals surface area contributed by atoms with Gasteiger partial charge in [0.1, 0.15) is 0 Å². The van der Waals surface area contributed by atoms with E-state index in [1.807, 2.05) is 13.8 Å². The number of pyridine rings is 1. The summed E-state index contributed by atoms with van der Waals surface area (Å²) in [6.45, 7) is 5.38. The topological polar surface area (TPSA) is 68.5 Å². The Bertz CT molecular complexity index is 394. The summed E-state index contributed by atoms with van der Waals surface area (Å²) in [5, 5.41) is 0. The molecule has 1 rings (SSSR count). The van der Waals surface area contributed by atoms with Crippen LogP contribution in [0.25, 0.3) is 0 Å². The molecule has 0 aliphatic carbocycles. The number of carbonyl (C=O) groups is 1. The molecule has 1 amide bonds. The second-order valence-corrected chi connectivity index (χ2v) is 4.39. The van der Waals surface area contributed by atoms with E-state index in [4.69, 9.17) is 10.5 Å². The van der Waals surface area contributed by atoms with Crippen LogP contribution in [0.4, 0.5) is 0 Å². The number of hydrogen-bond donors (Lipinski definition) is 1. The minimum Gasteiger partial charge on any atom is -0.377 e. The average Bonchev–Trinajstić information content (AvgIpc) is 2.37. The Morgan fingerprint density at radius 2 is 2.28 bits per heavy atom. The molecule has 5 heteroatoms. The SMILES string of the molecule is CC(C)OCCN(C)C(=O)c1ccnc(CN)c1. The number of likely N-dealkylation sites (N-methyl/N-ethyl adjacent to an activating group) is 1. The van der Waals surface area contributed by atoms with Crippen molar-refractivity contribution in [3.63, 3.8) is 0 Å². The molecule has 0 fully saturated rings. The Balaban J connectivity index is 2.56. The van der Waals surface area contributed by atoms with Crippen LogP contribution < -0.4 is 5.73 Å². The number of carbonyl (C=O) groups excluding carboxylic acids is 1. The Labute approximate surface area is 108 Å². The van der Waals surface area contributed by atoms with Gasteiger partial charge in [0.15, 0.2) is 0 Å². The molecular formula is C13H21N3O2. The fourth-order valence-corrected chi connectivity index (χ4v) is 1.47. The minimum atomic E-state index is -0.0422. The van der Waals surface area contributed by atoms with Crippen LogP contribution in [0.2, 0.25) is 0 Å².